The third kappa shape index (κ3) is 63.3. The van der Waals surface area contributed by atoms with E-state index in [1.165, 1.54) is 308 Å². The van der Waals surface area contributed by atoms with E-state index >= 15 is 0 Å². The Labute approximate surface area is 487 Å². The highest BCUT2D eigenvalue weighted by molar-refractivity contribution is 5.76. The monoisotopic (exact) mass is 1100 g/mol. The standard InChI is InChI=1S/C72H137NO5/c1-3-5-7-9-11-13-15-17-19-21-22-23-26-29-33-36-40-44-48-52-56-60-64-70(75)69(68-74)73-71(76)65-61-57-53-49-45-41-37-34-30-27-24-25-28-31-35-39-43-47-51-55-59-63-67-78-72(77)66-62-58-54-50-46-42-38-32-20-18-16-14-12-10-8-6-4-2/h18,20,27,30,60,64,69-70,74-75H,3-17,19,21-26,28-29,31-59,61-63,65-68H2,1-2H3,(H,73,76)/b20-18-,30-27-,64-60+. The number of carbonyl (C=O) groups is 2. The number of ether oxygens (including phenoxy) is 1. The van der Waals surface area contributed by atoms with Crippen molar-refractivity contribution in [1.29, 1.82) is 0 Å². The van der Waals surface area contributed by atoms with Crippen molar-refractivity contribution in [2.75, 3.05) is 13.2 Å². The van der Waals surface area contributed by atoms with Gasteiger partial charge in [0.2, 0.25) is 5.91 Å². The molecule has 0 aromatic rings. The summed E-state index contributed by atoms with van der Waals surface area (Å²) in [7, 11) is 0. The van der Waals surface area contributed by atoms with Gasteiger partial charge in [-0.25, -0.2) is 0 Å². The van der Waals surface area contributed by atoms with Crippen LogP contribution in [0.1, 0.15) is 386 Å². The van der Waals surface area contributed by atoms with E-state index in [9.17, 15) is 19.8 Å². The lowest BCUT2D eigenvalue weighted by molar-refractivity contribution is -0.143. The molecular weight excluding hydrogens is 959 g/mol. The molecule has 1 amide bonds. The molecule has 6 nitrogen and oxygen atoms in total. The SMILES string of the molecule is CCCCCCCC/C=C\CCCCCCCCCC(=O)OCCCCCCCCCCCCC/C=C\CCCCCCCCCC(=O)NC(CO)C(O)/C=C/CCCCCCCCCCCCCCCCCCCCCC. The molecule has 0 saturated heterocycles. The number of hydrogen-bond donors (Lipinski definition) is 3. The fourth-order valence-electron chi connectivity index (χ4n) is 11.0. The molecule has 0 spiro atoms. The van der Waals surface area contributed by atoms with Gasteiger partial charge in [0.25, 0.3) is 0 Å². The Balaban J connectivity index is 3.44. The van der Waals surface area contributed by atoms with Crippen molar-refractivity contribution < 1.29 is 24.5 Å². The molecule has 0 bridgehead atoms. The van der Waals surface area contributed by atoms with E-state index in [2.05, 4.69) is 43.5 Å². The highest BCUT2D eigenvalue weighted by atomic mass is 16.5. The Hall–Kier alpha value is -1.92. The molecule has 0 saturated carbocycles. The van der Waals surface area contributed by atoms with Crippen LogP contribution in [0.4, 0.5) is 0 Å². The molecule has 3 N–H and O–H groups in total. The fraction of sp³-hybridized carbons (Fsp3) is 0.889. The first kappa shape index (κ1) is 76.1. The van der Waals surface area contributed by atoms with Gasteiger partial charge in [-0.1, -0.05) is 326 Å². The summed E-state index contributed by atoms with van der Waals surface area (Å²) in [6.45, 7) is 4.93. The van der Waals surface area contributed by atoms with E-state index in [0.717, 1.165) is 51.4 Å². The van der Waals surface area contributed by atoms with Crippen molar-refractivity contribution in [1.82, 2.24) is 5.32 Å². The minimum absolute atomic E-state index is 0.00665. The summed E-state index contributed by atoms with van der Waals surface area (Å²) in [5.41, 5.74) is 0. The van der Waals surface area contributed by atoms with E-state index in [4.69, 9.17) is 4.74 Å². The van der Waals surface area contributed by atoms with Crippen LogP contribution in [0.5, 0.6) is 0 Å². The summed E-state index contributed by atoms with van der Waals surface area (Å²) in [6.07, 6.45) is 86.4. The van der Waals surface area contributed by atoms with Crippen LogP contribution in [0.3, 0.4) is 0 Å². The first-order valence-electron chi connectivity index (χ1n) is 35.3. The lowest BCUT2D eigenvalue weighted by atomic mass is 10.0. The lowest BCUT2D eigenvalue weighted by Crippen LogP contribution is -2.45. The molecule has 0 radical (unpaired) electrons. The van der Waals surface area contributed by atoms with Crippen molar-refractivity contribution in [2.24, 2.45) is 0 Å². The predicted molar refractivity (Wildman–Crippen MR) is 343 cm³/mol. The van der Waals surface area contributed by atoms with Gasteiger partial charge in [-0.3, -0.25) is 9.59 Å². The van der Waals surface area contributed by atoms with Gasteiger partial charge >= 0.3 is 5.97 Å². The largest absolute Gasteiger partial charge is 0.466 e. The molecule has 0 heterocycles. The zero-order valence-corrected chi connectivity index (χ0v) is 52.7. The molecule has 78 heavy (non-hydrogen) atoms. The number of allylic oxidation sites excluding steroid dienone is 5. The molecule has 0 aliphatic heterocycles. The average molecular weight is 1100 g/mol. The van der Waals surface area contributed by atoms with Crippen LogP contribution in [-0.2, 0) is 14.3 Å². The van der Waals surface area contributed by atoms with E-state index in [-0.39, 0.29) is 18.5 Å². The van der Waals surface area contributed by atoms with Gasteiger partial charge in [-0.15, -0.1) is 0 Å². The number of hydrogen-bond acceptors (Lipinski definition) is 5. The minimum atomic E-state index is -0.851. The second-order valence-corrected chi connectivity index (χ2v) is 24.2. The van der Waals surface area contributed by atoms with Gasteiger partial charge < -0.3 is 20.3 Å². The molecule has 2 unspecified atom stereocenters. The average Bonchev–Trinajstić information content (AvgIpc) is 3.44. The fourth-order valence-corrected chi connectivity index (χ4v) is 11.0. The Bertz CT molecular complexity index is 1260. The van der Waals surface area contributed by atoms with Gasteiger partial charge in [0.05, 0.1) is 25.4 Å². The van der Waals surface area contributed by atoms with Crippen molar-refractivity contribution in [3.8, 4) is 0 Å². The zero-order valence-electron chi connectivity index (χ0n) is 52.7. The Morgan fingerprint density at radius 1 is 0.346 bits per heavy atom. The maximum atomic E-state index is 12.5. The number of aliphatic hydroxyl groups is 2. The number of amides is 1. The summed E-state index contributed by atoms with van der Waals surface area (Å²) in [4.78, 5) is 24.6. The Morgan fingerprint density at radius 2 is 0.603 bits per heavy atom. The minimum Gasteiger partial charge on any atom is -0.466 e. The topological polar surface area (TPSA) is 95.9 Å². The van der Waals surface area contributed by atoms with E-state index in [1.54, 1.807) is 6.08 Å². The van der Waals surface area contributed by atoms with Crippen LogP contribution >= 0.6 is 0 Å². The second-order valence-electron chi connectivity index (χ2n) is 24.2. The molecule has 0 aliphatic carbocycles. The third-order valence-corrected chi connectivity index (χ3v) is 16.4. The summed E-state index contributed by atoms with van der Waals surface area (Å²) in [6, 6.07) is -0.635. The molecule has 2 atom stereocenters. The van der Waals surface area contributed by atoms with E-state index in [1.807, 2.05) is 6.08 Å². The van der Waals surface area contributed by atoms with Crippen molar-refractivity contribution in [3.05, 3.63) is 36.5 Å². The Morgan fingerprint density at radius 3 is 0.910 bits per heavy atom. The molecular formula is C72H137NO5. The first-order valence-corrected chi connectivity index (χ1v) is 35.3. The molecule has 0 aromatic heterocycles. The van der Waals surface area contributed by atoms with Gasteiger partial charge in [0, 0.05) is 12.8 Å². The highest BCUT2D eigenvalue weighted by Crippen LogP contribution is 2.18. The molecule has 0 rings (SSSR count). The molecule has 6 heteroatoms. The van der Waals surface area contributed by atoms with Gasteiger partial charge in [-0.05, 0) is 83.5 Å². The van der Waals surface area contributed by atoms with Crippen molar-refractivity contribution in [3.63, 3.8) is 0 Å². The predicted octanol–water partition coefficient (Wildman–Crippen LogP) is 22.7. The maximum Gasteiger partial charge on any atom is 0.305 e. The third-order valence-electron chi connectivity index (χ3n) is 16.4. The number of aliphatic hydroxyl groups excluding tert-OH is 2. The van der Waals surface area contributed by atoms with Crippen molar-refractivity contribution >= 4 is 11.9 Å². The van der Waals surface area contributed by atoms with E-state index < -0.39 is 12.1 Å². The van der Waals surface area contributed by atoms with E-state index in [0.29, 0.717) is 19.4 Å². The summed E-state index contributed by atoms with van der Waals surface area (Å²) in [5, 5.41) is 23.2. The normalized spacial score (nSPS) is 12.7. The maximum absolute atomic E-state index is 12.5. The Kier molecular flexibility index (Phi) is 65.9. The van der Waals surface area contributed by atoms with Gasteiger partial charge in [0.1, 0.15) is 0 Å². The number of nitrogens with one attached hydrogen (secondary N) is 1. The second kappa shape index (κ2) is 67.6. The molecule has 0 fully saturated rings. The first-order chi connectivity index (χ1) is 38.5. The van der Waals surface area contributed by atoms with Gasteiger partial charge in [-0.2, -0.15) is 0 Å². The van der Waals surface area contributed by atoms with Crippen molar-refractivity contribution in [2.45, 2.75) is 398 Å². The summed E-state index contributed by atoms with van der Waals surface area (Å²) >= 11 is 0. The highest BCUT2D eigenvalue weighted by Gasteiger charge is 2.18. The number of esters is 1. The lowest BCUT2D eigenvalue weighted by Gasteiger charge is -2.20. The summed E-state index contributed by atoms with van der Waals surface area (Å²) < 4.78 is 5.50. The van der Waals surface area contributed by atoms with Crippen LogP contribution in [0.25, 0.3) is 0 Å². The number of carbonyl (C=O) groups excluding carboxylic acids is 2. The van der Waals surface area contributed by atoms with Gasteiger partial charge in [0.15, 0.2) is 0 Å². The number of unbranched alkanes of at least 4 members (excludes halogenated alkanes) is 51. The smallest absolute Gasteiger partial charge is 0.305 e. The number of rotatable bonds is 66. The van der Waals surface area contributed by atoms with Crippen LogP contribution < -0.4 is 5.32 Å². The van der Waals surface area contributed by atoms with Crippen LogP contribution in [0, 0.1) is 0 Å². The molecule has 460 valence electrons. The van der Waals surface area contributed by atoms with Crippen LogP contribution in [0.2, 0.25) is 0 Å². The van der Waals surface area contributed by atoms with Crippen LogP contribution in [0.15, 0.2) is 36.5 Å². The van der Waals surface area contributed by atoms with Crippen LogP contribution in [-0.4, -0.2) is 47.4 Å². The quantitative estimate of drug-likeness (QED) is 0.0320. The molecule has 0 aromatic carbocycles. The zero-order chi connectivity index (χ0) is 56.4. The summed E-state index contributed by atoms with van der Waals surface area (Å²) in [5.74, 6) is -0.0649. The molecule has 0 aliphatic rings.